The van der Waals surface area contributed by atoms with Crippen LogP contribution < -0.4 is 9.47 Å². The van der Waals surface area contributed by atoms with Crippen LogP contribution in [-0.4, -0.2) is 40.5 Å². The van der Waals surface area contributed by atoms with Gasteiger partial charge in [-0.3, -0.25) is 4.57 Å². The topological polar surface area (TPSA) is 58.4 Å². The fourth-order valence-corrected chi connectivity index (χ4v) is 3.96. The largest absolute Gasteiger partial charge is 0.454 e. The zero-order valence-electron chi connectivity index (χ0n) is 17.4. The Morgan fingerprint density at radius 3 is 2.70 bits per heavy atom. The van der Waals surface area contributed by atoms with Gasteiger partial charge in [0.25, 0.3) is 0 Å². The molecule has 158 valence electrons. The van der Waals surface area contributed by atoms with Crippen molar-refractivity contribution in [3.63, 3.8) is 0 Å². The van der Waals surface area contributed by atoms with E-state index in [4.69, 9.17) is 14.2 Å². The van der Waals surface area contributed by atoms with Crippen molar-refractivity contribution in [2.75, 3.05) is 25.8 Å². The van der Waals surface area contributed by atoms with Crippen molar-refractivity contribution in [1.82, 2.24) is 14.8 Å². The molecule has 7 heteroatoms. The lowest BCUT2D eigenvalue weighted by atomic mass is 10.1. The smallest absolute Gasteiger partial charge is 0.231 e. The molecule has 6 nitrogen and oxygen atoms in total. The number of benzene rings is 2. The van der Waals surface area contributed by atoms with Crippen LogP contribution in [0.5, 0.6) is 11.5 Å². The summed E-state index contributed by atoms with van der Waals surface area (Å²) in [7, 11) is 0. The minimum atomic E-state index is 0.276. The van der Waals surface area contributed by atoms with E-state index in [1.54, 1.807) is 11.8 Å². The summed E-state index contributed by atoms with van der Waals surface area (Å²) in [5, 5.41) is 9.85. The molecule has 1 aliphatic rings. The first-order valence-electron chi connectivity index (χ1n) is 10.3. The predicted molar refractivity (Wildman–Crippen MR) is 118 cm³/mol. The fourth-order valence-electron chi connectivity index (χ4n) is 3.17. The van der Waals surface area contributed by atoms with Gasteiger partial charge in [0.05, 0.1) is 13.2 Å². The predicted octanol–water partition coefficient (Wildman–Crippen LogP) is 4.88. The Balaban J connectivity index is 1.49. The first-order chi connectivity index (χ1) is 14.7. The molecular formula is C23H27N3O3S. The van der Waals surface area contributed by atoms with Gasteiger partial charge in [0.2, 0.25) is 6.79 Å². The maximum Gasteiger partial charge on any atom is 0.231 e. The highest BCUT2D eigenvalue weighted by Crippen LogP contribution is 2.33. The molecule has 0 bridgehead atoms. The molecule has 2 aromatic carbocycles. The van der Waals surface area contributed by atoms with Crippen molar-refractivity contribution in [1.29, 1.82) is 0 Å². The van der Waals surface area contributed by atoms with Crippen molar-refractivity contribution in [3.05, 3.63) is 54.1 Å². The average Bonchev–Trinajstić information content (AvgIpc) is 3.38. The Morgan fingerprint density at radius 1 is 1.03 bits per heavy atom. The summed E-state index contributed by atoms with van der Waals surface area (Å²) in [4.78, 5) is 0. The monoisotopic (exact) mass is 425 g/mol. The van der Waals surface area contributed by atoms with Gasteiger partial charge in [-0.1, -0.05) is 62.0 Å². The Hall–Kier alpha value is -2.51. The highest BCUT2D eigenvalue weighted by atomic mass is 32.2. The summed E-state index contributed by atoms with van der Waals surface area (Å²) in [6.45, 7) is 6.86. The molecule has 0 N–H and O–H groups in total. The number of rotatable bonds is 10. The van der Waals surface area contributed by atoms with Crippen LogP contribution in [0, 0.1) is 5.92 Å². The first kappa shape index (κ1) is 20.8. The Morgan fingerprint density at radius 2 is 1.87 bits per heavy atom. The van der Waals surface area contributed by atoms with Gasteiger partial charge in [-0.2, -0.15) is 0 Å². The Bertz CT molecular complexity index is 960. The van der Waals surface area contributed by atoms with Gasteiger partial charge in [-0.25, -0.2) is 0 Å². The van der Waals surface area contributed by atoms with E-state index in [0.717, 1.165) is 52.4 Å². The van der Waals surface area contributed by atoms with Gasteiger partial charge < -0.3 is 14.2 Å². The third-order valence-electron chi connectivity index (χ3n) is 4.82. The molecule has 0 spiro atoms. The number of aromatic nitrogens is 3. The second-order valence-electron chi connectivity index (χ2n) is 7.59. The molecule has 0 radical (unpaired) electrons. The molecule has 0 aliphatic carbocycles. The third-order valence-corrected chi connectivity index (χ3v) is 5.76. The second-order valence-corrected chi connectivity index (χ2v) is 8.65. The minimum absolute atomic E-state index is 0.276. The van der Waals surface area contributed by atoms with E-state index in [2.05, 4.69) is 46.8 Å². The van der Waals surface area contributed by atoms with Crippen molar-refractivity contribution < 1.29 is 14.2 Å². The molecule has 4 rings (SSSR count). The van der Waals surface area contributed by atoms with Crippen molar-refractivity contribution in [3.8, 4) is 22.9 Å². The van der Waals surface area contributed by atoms with E-state index in [9.17, 15) is 0 Å². The molecule has 0 fully saturated rings. The first-order valence-corrected chi connectivity index (χ1v) is 11.3. The van der Waals surface area contributed by atoms with Crippen LogP contribution >= 0.6 is 11.8 Å². The number of hydrogen-bond donors (Lipinski definition) is 0. The van der Waals surface area contributed by atoms with Gasteiger partial charge in [-0.15, -0.1) is 10.2 Å². The molecule has 2 heterocycles. The van der Waals surface area contributed by atoms with Gasteiger partial charge in [0, 0.05) is 17.9 Å². The lowest BCUT2D eigenvalue weighted by Gasteiger charge is -2.11. The van der Waals surface area contributed by atoms with E-state index in [1.165, 1.54) is 0 Å². The summed E-state index contributed by atoms with van der Waals surface area (Å²) in [6, 6.07) is 16.2. The highest BCUT2D eigenvalue weighted by molar-refractivity contribution is 7.99. The van der Waals surface area contributed by atoms with E-state index in [-0.39, 0.29) is 6.79 Å². The summed E-state index contributed by atoms with van der Waals surface area (Å²) >= 11 is 1.67. The molecule has 0 amide bonds. The van der Waals surface area contributed by atoms with Crippen LogP contribution in [0.1, 0.15) is 25.8 Å². The molecule has 3 aromatic rings. The normalized spacial score (nSPS) is 12.6. The lowest BCUT2D eigenvalue weighted by molar-refractivity contribution is 0.138. The SMILES string of the molecule is CC(C)CCOCCSc1nnc(-c2ccccc2)n1Cc1ccc2c(c1)OCO2. The van der Waals surface area contributed by atoms with Crippen LogP contribution in [0.4, 0.5) is 0 Å². The van der Waals surface area contributed by atoms with Crippen LogP contribution in [0.15, 0.2) is 53.7 Å². The fraction of sp³-hybridized carbons (Fsp3) is 0.391. The van der Waals surface area contributed by atoms with E-state index < -0.39 is 0 Å². The van der Waals surface area contributed by atoms with Gasteiger partial charge in [0.1, 0.15) is 0 Å². The molecule has 0 saturated heterocycles. The molecule has 0 unspecified atom stereocenters. The zero-order chi connectivity index (χ0) is 20.8. The molecule has 0 atom stereocenters. The standard InChI is InChI=1S/C23H27N3O3S/c1-17(2)10-11-27-12-13-30-23-25-24-22(19-6-4-3-5-7-19)26(23)15-18-8-9-20-21(14-18)29-16-28-20/h3-9,14,17H,10-13,15-16H2,1-2H3. The van der Waals surface area contributed by atoms with Crippen LogP contribution in [0.25, 0.3) is 11.4 Å². The molecule has 1 aromatic heterocycles. The number of hydrogen-bond acceptors (Lipinski definition) is 6. The van der Waals surface area contributed by atoms with Gasteiger partial charge in [0.15, 0.2) is 22.5 Å². The maximum absolute atomic E-state index is 5.76. The average molecular weight is 426 g/mol. The van der Waals surface area contributed by atoms with E-state index in [1.807, 2.05) is 30.3 Å². The maximum atomic E-state index is 5.76. The zero-order valence-corrected chi connectivity index (χ0v) is 18.2. The lowest BCUT2D eigenvalue weighted by Crippen LogP contribution is -2.06. The van der Waals surface area contributed by atoms with Crippen molar-refractivity contribution in [2.24, 2.45) is 5.92 Å². The number of ether oxygens (including phenoxy) is 3. The van der Waals surface area contributed by atoms with Crippen molar-refractivity contribution >= 4 is 11.8 Å². The summed E-state index contributed by atoms with van der Waals surface area (Å²) in [5.74, 6) is 3.94. The molecule has 30 heavy (non-hydrogen) atoms. The van der Waals surface area contributed by atoms with Crippen LogP contribution in [-0.2, 0) is 11.3 Å². The van der Waals surface area contributed by atoms with E-state index in [0.29, 0.717) is 19.1 Å². The van der Waals surface area contributed by atoms with Gasteiger partial charge >= 0.3 is 0 Å². The second kappa shape index (κ2) is 10.00. The molecule has 0 saturated carbocycles. The van der Waals surface area contributed by atoms with Crippen molar-refractivity contribution in [2.45, 2.75) is 32.0 Å². The van der Waals surface area contributed by atoms with Crippen LogP contribution in [0.3, 0.4) is 0 Å². The van der Waals surface area contributed by atoms with Gasteiger partial charge in [-0.05, 0) is 30.0 Å². The Labute approximate surface area is 181 Å². The van der Waals surface area contributed by atoms with E-state index >= 15 is 0 Å². The third kappa shape index (κ3) is 5.15. The summed E-state index contributed by atoms with van der Waals surface area (Å²) in [6.07, 6.45) is 1.09. The molecule has 1 aliphatic heterocycles. The minimum Gasteiger partial charge on any atom is -0.454 e. The highest BCUT2D eigenvalue weighted by Gasteiger charge is 2.17. The van der Waals surface area contributed by atoms with Crippen LogP contribution in [0.2, 0.25) is 0 Å². The number of fused-ring (bicyclic) bond motifs is 1. The summed E-state index contributed by atoms with van der Waals surface area (Å²) in [5.41, 5.74) is 2.16. The number of thioether (sulfide) groups is 1. The quantitative estimate of drug-likeness (QED) is 0.341. The number of nitrogens with zero attached hydrogens (tertiary/aromatic N) is 3. The summed E-state index contributed by atoms with van der Waals surface area (Å²) < 4.78 is 18.9. The molecular weight excluding hydrogens is 398 g/mol. The Kier molecular flexibility index (Phi) is 6.92.